The van der Waals surface area contributed by atoms with E-state index in [1.54, 1.807) is 11.9 Å². The van der Waals surface area contributed by atoms with Gasteiger partial charge in [0.2, 0.25) is 5.91 Å². The number of amides is 1. The van der Waals surface area contributed by atoms with E-state index in [1.165, 1.54) is 0 Å². The Kier molecular flexibility index (Phi) is 3.65. The van der Waals surface area contributed by atoms with Crippen LogP contribution in [-0.2, 0) is 29.1 Å². The highest BCUT2D eigenvalue weighted by atomic mass is 16.4. The molecular formula is C14H20N4O3. The number of nitrogens with zero attached hydrogens (tertiary/aromatic N) is 4. The first-order chi connectivity index (χ1) is 10.1. The lowest BCUT2D eigenvalue weighted by atomic mass is 9.95. The number of carbonyl (C=O) groups excluding carboxylic acids is 1. The summed E-state index contributed by atoms with van der Waals surface area (Å²) in [7, 11) is 1.72. The summed E-state index contributed by atoms with van der Waals surface area (Å²) < 4.78 is 2.06. The Morgan fingerprint density at radius 3 is 2.81 bits per heavy atom. The highest BCUT2D eigenvalue weighted by molar-refractivity contribution is 5.85. The van der Waals surface area contributed by atoms with Gasteiger partial charge < -0.3 is 14.6 Å². The van der Waals surface area contributed by atoms with Crippen molar-refractivity contribution in [3.8, 4) is 0 Å². The quantitative estimate of drug-likeness (QED) is 0.881. The van der Waals surface area contributed by atoms with Gasteiger partial charge in [-0.05, 0) is 19.3 Å². The van der Waals surface area contributed by atoms with E-state index in [2.05, 4.69) is 14.8 Å². The summed E-state index contributed by atoms with van der Waals surface area (Å²) >= 11 is 0. The number of carbonyl (C=O) groups is 2. The third kappa shape index (κ3) is 2.52. The lowest BCUT2D eigenvalue weighted by Gasteiger charge is -2.23. The van der Waals surface area contributed by atoms with E-state index >= 15 is 0 Å². The van der Waals surface area contributed by atoms with E-state index in [4.69, 9.17) is 0 Å². The highest BCUT2D eigenvalue weighted by Crippen LogP contribution is 2.33. The van der Waals surface area contributed by atoms with Gasteiger partial charge in [0.25, 0.3) is 0 Å². The molecule has 1 aromatic heterocycles. The summed E-state index contributed by atoms with van der Waals surface area (Å²) in [6.45, 7) is 1.30. The molecule has 1 aliphatic heterocycles. The Morgan fingerprint density at radius 2 is 2.05 bits per heavy atom. The zero-order chi connectivity index (χ0) is 15.0. The standard InChI is InChI=1S/C14H20N4O3/c1-17(8-12-16-15-11-6-3-7-18(11)12)13(19)9-4-2-5-10(9)14(20)21/h9-10H,2-8H2,1H3,(H,20,21). The molecule has 2 heterocycles. The minimum absolute atomic E-state index is 0.0877. The lowest BCUT2D eigenvalue weighted by molar-refractivity contribution is -0.148. The molecule has 1 aromatic rings. The van der Waals surface area contributed by atoms with Gasteiger partial charge in [0.1, 0.15) is 5.82 Å². The van der Waals surface area contributed by atoms with E-state index < -0.39 is 17.8 Å². The second-order valence-electron chi connectivity index (χ2n) is 5.96. The molecule has 2 atom stereocenters. The molecule has 7 nitrogen and oxygen atoms in total. The van der Waals surface area contributed by atoms with Crippen LogP contribution < -0.4 is 0 Å². The molecule has 2 unspecified atom stereocenters. The molecule has 0 spiro atoms. The van der Waals surface area contributed by atoms with E-state index in [9.17, 15) is 14.7 Å². The SMILES string of the molecule is CN(Cc1nnc2n1CCC2)C(=O)C1CCCC1C(=O)O. The van der Waals surface area contributed by atoms with Crippen molar-refractivity contribution >= 4 is 11.9 Å². The fraction of sp³-hybridized carbons (Fsp3) is 0.714. The molecule has 1 aliphatic carbocycles. The minimum atomic E-state index is -0.859. The van der Waals surface area contributed by atoms with Crippen molar-refractivity contribution in [2.45, 2.75) is 45.2 Å². The van der Waals surface area contributed by atoms with Crippen LogP contribution in [-0.4, -0.2) is 43.7 Å². The van der Waals surface area contributed by atoms with Gasteiger partial charge in [-0.3, -0.25) is 9.59 Å². The van der Waals surface area contributed by atoms with Crippen LogP contribution in [0.15, 0.2) is 0 Å². The Labute approximate surface area is 123 Å². The zero-order valence-electron chi connectivity index (χ0n) is 12.2. The van der Waals surface area contributed by atoms with E-state index in [1.807, 2.05) is 0 Å². The first kappa shape index (κ1) is 14.0. The van der Waals surface area contributed by atoms with Gasteiger partial charge >= 0.3 is 5.97 Å². The maximum atomic E-state index is 12.5. The molecular weight excluding hydrogens is 272 g/mol. The summed E-state index contributed by atoms with van der Waals surface area (Å²) in [4.78, 5) is 25.3. The molecule has 2 aliphatic rings. The lowest BCUT2D eigenvalue weighted by Crippen LogP contribution is -2.37. The van der Waals surface area contributed by atoms with E-state index in [0.29, 0.717) is 19.4 Å². The molecule has 1 saturated carbocycles. The molecule has 1 fully saturated rings. The molecule has 3 rings (SSSR count). The van der Waals surface area contributed by atoms with Crippen molar-refractivity contribution in [3.63, 3.8) is 0 Å². The second-order valence-corrected chi connectivity index (χ2v) is 5.96. The average molecular weight is 292 g/mol. The van der Waals surface area contributed by atoms with Crippen LogP contribution in [0, 0.1) is 11.8 Å². The first-order valence-electron chi connectivity index (χ1n) is 7.46. The fourth-order valence-electron chi connectivity index (χ4n) is 3.45. The molecule has 1 amide bonds. The Hall–Kier alpha value is -1.92. The third-order valence-electron chi connectivity index (χ3n) is 4.59. The molecule has 114 valence electrons. The predicted octanol–water partition coefficient (Wildman–Crippen LogP) is 0.684. The summed E-state index contributed by atoms with van der Waals surface area (Å²) in [6.07, 6.45) is 4.08. The average Bonchev–Trinajstić information content (AvgIpc) is 3.14. The number of aryl methyl sites for hydroxylation is 1. The number of fused-ring (bicyclic) bond motifs is 1. The molecule has 21 heavy (non-hydrogen) atoms. The van der Waals surface area contributed by atoms with Crippen molar-refractivity contribution in [1.29, 1.82) is 0 Å². The molecule has 0 radical (unpaired) electrons. The number of carboxylic acid groups (broad SMARTS) is 1. The zero-order valence-corrected chi connectivity index (χ0v) is 12.2. The number of hydrogen-bond donors (Lipinski definition) is 1. The van der Waals surface area contributed by atoms with E-state index in [0.717, 1.165) is 37.5 Å². The Morgan fingerprint density at radius 1 is 1.29 bits per heavy atom. The third-order valence-corrected chi connectivity index (χ3v) is 4.59. The van der Waals surface area contributed by atoms with Crippen molar-refractivity contribution in [1.82, 2.24) is 19.7 Å². The summed E-state index contributed by atoms with van der Waals surface area (Å²) in [5.41, 5.74) is 0. The van der Waals surface area contributed by atoms with Crippen molar-refractivity contribution in [2.24, 2.45) is 11.8 Å². The van der Waals surface area contributed by atoms with Crippen molar-refractivity contribution < 1.29 is 14.7 Å². The smallest absolute Gasteiger partial charge is 0.307 e. The van der Waals surface area contributed by atoms with Crippen molar-refractivity contribution in [2.75, 3.05) is 7.05 Å². The molecule has 7 heteroatoms. The van der Waals surface area contributed by atoms with Crippen molar-refractivity contribution in [3.05, 3.63) is 11.6 Å². The monoisotopic (exact) mass is 292 g/mol. The number of hydrogen-bond acceptors (Lipinski definition) is 4. The van der Waals surface area contributed by atoms with Gasteiger partial charge in [-0.15, -0.1) is 10.2 Å². The largest absolute Gasteiger partial charge is 0.481 e. The molecule has 1 N–H and O–H groups in total. The number of rotatable bonds is 4. The molecule has 0 saturated heterocycles. The summed E-state index contributed by atoms with van der Waals surface area (Å²) in [6, 6.07) is 0. The highest BCUT2D eigenvalue weighted by Gasteiger charge is 2.39. The van der Waals surface area contributed by atoms with E-state index in [-0.39, 0.29) is 5.91 Å². The van der Waals surface area contributed by atoms with Crippen LogP contribution in [0.1, 0.15) is 37.3 Å². The van der Waals surface area contributed by atoms with Crippen LogP contribution in [0.3, 0.4) is 0 Å². The van der Waals surface area contributed by atoms with Crippen LogP contribution in [0.2, 0.25) is 0 Å². The summed E-state index contributed by atoms with van der Waals surface area (Å²) in [5.74, 6) is -0.103. The number of carboxylic acids is 1. The van der Waals surface area contributed by atoms with Gasteiger partial charge in [0.05, 0.1) is 18.4 Å². The topological polar surface area (TPSA) is 88.3 Å². The first-order valence-corrected chi connectivity index (χ1v) is 7.46. The number of aliphatic carboxylic acids is 1. The predicted molar refractivity (Wildman–Crippen MR) is 73.3 cm³/mol. The molecule has 0 aromatic carbocycles. The maximum Gasteiger partial charge on any atom is 0.307 e. The van der Waals surface area contributed by atoms with Gasteiger partial charge in [-0.2, -0.15) is 0 Å². The van der Waals surface area contributed by atoms with Crippen LogP contribution in [0.5, 0.6) is 0 Å². The summed E-state index contributed by atoms with van der Waals surface area (Å²) in [5, 5.41) is 17.5. The van der Waals surface area contributed by atoms with Gasteiger partial charge in [-0.1, -0.05) is 6.42 Å². The molecule has 0 bridgehead atoms. The van der Waals surface area contributed by atoms with Crippen LogP contribution in [0.25, 0.3) is 0 Å². The Balaban J connectivity index is 1.68. The Bertz CT molecular complexity index is 569. The van der Waals surface area contributed by atoms with Gasteiger partial charge in [0.15, 0.2) is 5.82 Å². The second kappa shape index (κ2) is 5.46. The van der Waals surface area contributed by atoms with Crippen LogP contribution >= 0.6 is 0 Å². The normalized spacial score (nSPS) is 24.0. The fourth-order valence-corrected chi connectivity index (χ4v) is 3.45. The maximum absolute atomic E-state index is 12.5. The minimum Gasteiger partial charge on any atom is -0.481 e. The number of aromatic nitrogens is 3. The van der Waals surface area contributed by atoms with Gasteiger partial charge in [-0.25, -0.2) is 0 Å². The van der Waals surface area contributed by atoms with Crippen LogP contribution in [0.4, 0.5) is 0 Å². The van der Waals surface area contributed by atoms with Gasteiger partial charge in [0, 0.05) is 20.0 Å².